The summed E-state index contributed by atoms with van der Waals surface area (Å²) in [6.07, 6.45) is 19.8. The molecular formula is C19H34O. The molecule has 2 saturated carbocycles. The molecule has 1 nitrogen and oxygen atoms in total. The maximum Gasteiger partial charge on any atom is 0.0459 e. The van der Waals surface area contributed by atoms with Crippen molar-refractivity contribution in [1.82, 2.24) is 0 Å². The summed E-state index contributed by atoms with van der Waals surface area (Å²) >= 11 is 0. The molecule has 0 aromatic carbocycles. The number of hydrogen-bond donors (Lipinski definition) is 1. The lowest BCUT2D eigenvalue weighted by atomic mass is 9.69. The second-order valence-corrected chi connectivity index (χ2v) is 7.20. The molecule has 2 aliphatic rings. The molecule has 2 fully saturated rings. The van der Waals surface area contributed by atoms with Crippen LogP contribution in [0.15, 0.2) is 12.2 Å². The Labute approximate surface area is 125 Å². The van der Waals surface area contributed by atoms with E-state index in [9.17, 15) is 5.11 Å². The van der Waals surface area contributed by atoms with Crippen LogP contribution in [0, 0.1) is 23.7 Å². The van der Waals surface area contributed by atoms with Crippen molar-refractivity contribution in [2.75, 3.05) is 6.61 Å². The molecule has 0 atom stereocenters. The van der Waals surface area contributed by atoms with E-state index in [1.54, 1.807) is 0 Å². The summed E-state index contributed by atoms with van der Waals surface area (Å²) in [4.78, 5) is 0. The van der Waals surface area contributed by atoms with Crippen molar-refractivity contribution in [2.24, 2.45) is 23.7 Å². The predicted octanol–water partition coefficient (Wildman–Crippen LogP) is 5.34. The van der Waals surface area contributed by atoms with Gasteiger partial charge < -0.3 is 5.11 Å². The number of aliphatic hydroxyl groups excluding tert-OH is 1. The Morgan fingerprint density at radius 3 is 1.85 bits per heavy atom. The van der Waals surface area contributed by atoms with Gasteiger partial charge in [0.2, 0.25) is 0 Å². The molecule has 1 heteroatoms. The van der Waals surface area contributed by atoms with Crippen LogP contribution in [0.1, 0.15) is 77.6 Å². The summed E-state index contributed by atoms with van der Waals surface area (Å²) in [5, 5.41) is 9.24. The highest BCUT2D eigenvalue weighted by Crippen LogP contribution is 2.42. The fraction of sp³-hybridized carbons (Fsp3) is 0.895. The second kappa shape index (κ2) is 8.87. The molecule has 0 aliphatic heterocycles. The zero-order chi connectivity index (χ0) is 14.2. The average molecular weight is 278 g/mol. The third kappa shape index (κ3) is 4.91. The number of aliphatic hydroxyl groups is 1. The maximum absolute atomic E-state index is 9.24. The van der Waals surface area contributed by atoms with E-state index in [4.69, 9.17) is 0 Å². The summed E-state index contributed by atoms with van der Waals surface area (Å²) in [6, 6.07) is 0. The number of rotatable bonds is 6. The van der Waals surface area contributed by atoms with Gasteiger partial charge in [-0.15, -0.1) is 0 Å². The van der Waals surface area contributed by atoms with Crippen LogP contribution < -0.4 is 0 Å². The lowest BCUT2D eigenvalue weighted by Crippen LogP contribution is -2.26. The van der Waals surface area contributed by atoms with Crippen molar-refractivity contribution in [1.29, 1.82) is 0 Å². The van der Waals surface area contributed by atoms with Gasteiger partial charge in [0.1, 0.15) is 0 Å². The van der Waals surface area contributed by atoms with Crippen LogP contribution in [0.2, 0.25) is 0 Å². The minimum Gasteiger partial charge on any atom is -0.396 e. The van der Waals surface area contributed by atoms with E-state index in [2.05, 4.69) is 19.1 Å². The highest BCUT2D eigenvalue weighted by Gasteiger charge is 2.30. The first-order valence-corrected chi connectivity index (χ1v) is 9.09. The van der Waals surface area contributed by atoms with Gasteiger partial charge in [0, 0.05) is 6.61 Å². The third-order valence-electron chi connectivity index (χ3n) is 5.85. The van der Waals surface area contributed by atoms with E-state index < -0.39 is 0 Å². The summed E-state index contributed by atoms with van der Waals surface area (Å²) in [7, 11) is 0. The van der Waals surface area contributed by atoms with Gasteiger partial charge in [-0.2, -0.15) is 0 Å². The van der Waals surface area contributed by atoms with Crippen molar-refractivity contribution >= 4 is 0 Å². The topological polar surface area (TPSA) is 20.2 Å². The van der Waals surface area contributed by atoms with Crippen molar-refractivity contribution < 1.29 is 5.11 Å². The first-order chi connectivity index (χ1) is 9.83. The highest BCUT2D eigenvalue weighted by atomic mass is 16.3. The minimum atomic E-state index is 0.421. The summed E-state index contributed by atoms with van der Waals surface area (Å²) < 4.78 is 0. The molecule has 0 heterocycles. The standard InChI is InChI=1S/C19H34O/c1-2-3-4-5-6-16-7-11-18(12-8-16)19-13-9-17(15-20)10-14-19/h3-4,16-20H,2,5-15H2,1H3/b4-3+. The summed E-state index contributed by atoms with van der Waals surface area (Å²) in [6.45, 7) is 2.64. The molecule has 2 aliphatic carbocycles. The molecule has 20 heavy (non-hydrogen) atoms. The molecule has 0 unspecified atom stereocenters. The molecule has 0 spiro atoms. The van der Waals surface area contributed by atoms with Gasteiger partial charge in [0.25, 0.3) is 0 Å². The van der Waals surface area contributed by atoms with Crippen LogP contribution in [0.5, 0.6) is 0 Å². The zero-order valence-corrected chi connectivity index (χ0v) is 13.4. The van der Waals surface area contributed by atoms with E-state index in [1.807, 2.05) is 0 Å². The van der Waals surface area contributed by atoms with Gasteiger partial charge >= 0.3 is 0 Å². The van der Waals surface area contributed by atoms with E-state index in [1.165, 1.54) is 70.6 Å². The van der Waals surface area contributed by atoms with E-state index in [-0.39, 0.29) is 0 Å². The smallest absolute Gasteiger partial charge is 0.0459 e. The minimum absolute atomic E-state index is 0.421. The molecular weight excluding hydrogens is 244 g/mol. The summed E-state index contributed by atoms with van der Waals surface area (Å²) in [5.74, 6) is 3.62. The first kappa shape index (κ1) is 16.1. The van der Waals surface area contributed by atoms with Gasteiger partial charge in [0.05, 0.1) is 0 Å². The van der Waals surface area contributed by atoms with Gasteiger partial charge in [-0.25, -0.2) is 0 Å². The molecule has 1 N–H and O–H groups in total. The van der Waals surface area contributed by atoms with Gasteiger partial charge in [-0.3, -0.25) is 0 Å². The van der Waals surface area contributed by atoms with Crippen LogP contribution in [0.4, 0.5) is 0 Å². The van der Waals surface area contributed by atoms with Crippen LogP contribution in [-0.4, -0.2) is 11.7 Å². The number of allylic oxidation sites excluding steroid dienone is 2. The Bertz CT molecular complexity index is 267. The van der Waals surface area contributed by atoms with Crippen LogP contribution >= 0.6 is 0 Å². The average Bonchev–Trinajstić information content (AvgIpc) is 2.52. The van der Waals surface area contributed by atoms with Gasteiger partial charge in [0.15, 0.2) is 0 Å². The Morgan fingerprint density at radius 1 is 0.800 bits per heavy atom. The molecule has 0 amide bonds. The van der Waals surface area contributed by atoms with Gasteiger partial charge in [-0.05, 0) is 81.5 Å². The maximum atomic E-state index is 9.24. The molecule has 2 rings (SSSR count). The van der Waals surface area contributed by atoms with Crippen molar-refractivity contribution in [3.05, 3.63) is 12.2 Å². The highest BCUT2D eigenvalue weighted by molar-refractivity contribution is 4.84. The van der Waals surface area contributed by atoms with E-state index in [0.29, 0.717) is 12.5 Å². The predicted molar refractivity (Wildman–Crippen MR) is 86.6 cm³/mol. The number of hydrogen-bond acceptors (Lipinski definition) is 1. The molecule has 116 valence electrons. The fourth-order valence-electron chi connectivity index (χ4n) is 4.41. The van der Waals surface area contributed by atoms with Gasteiger partial charge in [-0.1, -0.05) is 31.9 Å². The summed E-state index contributed by atoms with van der Waals surface area (Å²) in [5.41, 5.74) is 0. The quantitative estimate of drug-likeness (QED) is 0.650. The zero-order valence-electron chi connectivity index (χ0n) is 13.4. The normalized spacial score (nSPS) is 35.5. The van der Waals surface area contributed by atoms with Crippen LogP contribution in [0.25, 0.3) is 0 Å². The third-order valence-corrected chi connectivity index (χ3v) is 5.85. The molecule has 0 aromatic rings. The lowest BCUT2D eigenvalue weighted by molar-refractivity contribution is 0.116. The molecule has 0 aromatic heterocycles. The van der Waals surface area contributed by atoms with E-state index in [0.717, 1.165) is 17.8 Å². The molecule has 0 saturated heterocycles. The Balaban J connectivity index is 1.63. The van der Waals surface area contributed by atoms with Crippen molar-refractivity contribution in [3.63, 3.8) is 0 Å². The molecule has 0 bridgehead atoms. The SMILES string of the molecule is CC/C=C/CCC1CCC(C2CCC(CO)CC2)CC1. The lowest BCUT2D eigenvalue weighted by Gasteiger charge is -2.37. The Morgan fingerprint density at radius 2 is 1.35 bits per heavy atom. The second-order valence-electron chi connectivity index (χ2n) is 7.20. The van der Waals surface area contributed by atoms with Crippen LogP contribution in [0.3, 0.4) is 0 Å². The first-order valence-electron chi connectivity index (χ1n) is 9.09. The van der Waals surface area contributed by atoms with Crippen molar-refractivity contribution in [2.45, 2.75) is 77.6 Å². The molecule has 0 radical (unpaired) electrons. The van der Waals surface area contributed by atoms with E-state index >= 15 is 0 Å². The van der Waals surface area contributed by atoms with Crippen molar-refractivity contribution in [3.8, 4) is 0 Å². The monoisotopic (exact) mass is 278 g/mol. The Hall–Kier alpha value is -0.300. The van der Waals surface area contributed by atoms with Crippen LogP contribution in [-0.2, 0) is 0 Å². The largest absolute Gasteiger partial charge is 0.396 e. The Kier molecular flexibility index (Phi) is 7.13. The fourth-order valence-corrected chi connectivity index (χ4v) is 4.41.